The summed E-state index contributed by atoms with van der Waals surface area (Å²) < 4.78 is 4.70. The molecule has 3 aromatic heterocycles. The molecule has 0 atom stereocenters. The van der Waals surface area contributed by atoms with Gasteiger partial charge in [-0.15, -0.1) is 0 Å². The van der Waals surface area contributed by atoms with Crippen molar-refractivity contribution in [1.82, 2.24) is 24.1 Å². The highest BCUT2D eigenvalue weighted by molar-refractivity contribution is 6.14. The van der Waals surface area contributed by atoms with Crippen LogP contribution in [0.1, 0.15) is 5.56 Å². The summed E-state index contributed by atoms with van der Waals surface area (Å²) in [5, 5.41) is 14.7. The van der Waals surface area contributed by atoms with E-state index in [1.165, 1.54) is 0 Å². The maximum absolute atomic E-state index is 10.4. The van der Waals surface area contributed by atoms with Crippen molar-refractivity contribution in [2.24, 2.45) is 0 Å². The minimum Gasteiger partial charge on any atom is -0.309 e. The Kier molecular flexibility index (Phi) is 14.5. The molecule has 14 aromatic carbocycles. The number of fused-ring (bicyclic) bond motifs is 6. The van der Waals surface area contributed by atoms with Crippen LogP contribution in [0.5, 0.6) is 0 Å². The molecule has 8 nitrogen and oxygen atoms in total. The van der Waals surface area contributed by atoms with Gasteiger partial charge in [0.1, 0.15) is 0 Å². The van der Waals surface area contributed by atoms with Crippen LogP contribution in [-0.4, -0.2) is 24.1 Å². The lowest BCUT2D eigenvalue weighted by Crippen LogP contribution is -2.03. The smallest absolute Gasteiger partial charge is 0.187 e. The van der Waals surface area contributed by atoms with Crippen molar-refractivity contribution in [2.45, 2.75) is 0 Å². The molecule has 0 amide bonds. The van der Waals surface area contributed by atoms with Crippen molar-refractivity contribution in [3.05, 3.63) is 356 Å². The van der Waals surface area contributed by atoms with Gasteiger partial charge in [0.2, 0.25) is 0 Å². The first-order valence-corrected chi connectivity index (χ1v) is 32.4. The van der Waals surface area contributed by atoms with Crippen molar-refractivity contribution in [2.75, 3.05) is 0 Å². The first-order chi connectivity index (χ1) is 48.4. The molecule has 98 heavy (non-hydrogen) atoms. The van der Waals surface area contributed by atoms with Crippen molar-refractivity contribution in [3.63, 3.8) is 0 Å². The molecule has 0 aliphatic heterocycles. The summed E-state index contributed by atoms with van der Waals surface area (Å²) in [5.74, 6) is 1.36. The molecule has 17 aromatic rings. The number of hydrogen-bond acceptors (Lipinski definition) is 4. The predicted octanol–water partition coefficient (Wildman–Crippen LogP) is 23.7. The number of hydrogen-bond donors (Lipinski definition) is 0. The Morgan fingerprint density at radius 3 is 0.980 bits per heavy atom. The second-order valence-corrected chi connectivity index (χ2v) is 24.4. The van der Waals surface area contributed by atoms with E-state index in [9.17, 15) is 5.26 Å². The summed E-state index contributed by atoms with van der Waals surface area (Å²) in [6.45, 7) is 15.8. The van der Waals surface area contributed by atoms with Crippen LogP contribution in [0.4, 0.5) is 11.4 Å². The molecule has 3 heterocycles. The number of benzene rings is 14. The Hall–Kier alpha value is -13.8. The fourth-order valence-corrected chi connectivity index (χ4v) is 13.8. The van der Waals surface area contributed by atoms with Crippen molar-refractivity contribution >= 4 is 55.0 Å². The standard InChI is InChI=1S/C90H54N8/c1-92-74-40-32-63(33-41-74)64-27-16-30-71(49-64)88-94-89(72-34-42-76(69-28-15-18-58(48-69)57-91)86(55-72)97-82-44-36-65(59-19-7-3-8-20-59)51-78(82)79-52-66(37-45-83(79)97)60-21-9-4-10-22-60)96-90(95-88)73-35-43-77(70-29-17-31-75(50-70)93-2)87(56-73)98-84-46-38-67(61-23-11-5-12-24-61)53-80(84)81-54-68(39-47-85(81)98)62-25-13-6-14-26-62/h3-56H. The van der Waals surface area contributed by atoms with Gasteiger partial charge in [0.25, 0.3) is 0 Å². The molecule has 454 valence electrons. The number of aromatic nitrogens is 5. The third kappa shape index (κ3) is 10.6. The van der Waals surface area contributed by atoms with Gasteiger partial charge < -0.3 is 9.13 Å². The maximum Gasteiger partial charge on any atom is 0.187 e. The number of nitriles is 1. The Balaban J connectivity index is 0.918. The predicted molar refractivity (Wildman–Crippen MR) is 400 cm³/mol. The largest absolute Gasteiger partial charge is 0.309 e. The quantitative estimate of drug-likeness (QED) is 0.114. The molecule has 0 bridgehead atoms. The molecule has 0 saturated heterocycles. The third-order valence-electron chi connectivity index (χ3n) is 18.6. The Morgan fingerprint density at radius 1 is 0.255 bits per heavy atom. The van der Waals surface area contributed by atoms with E-state index in [0.29, 0.717) is 34.4 Å². The molecule has 0 aliphatic rings. The SMILES string of the molecule is [C-]#[N+]c1ccc(-c2cccc(-c3nc(-c4ccc(-c5cccc(C#N)c5)c(-n5c6ccc(-c7ccccc7)cc6c6cc(-c7ccccc7)ccc65)c4)nc(-c4ccc(-c5cccc([N+]#[C-])c5)c(-n5c6ccc(-c7ccccc7)cc6c6cc(-c7ccccc7)ccc65)c4)n3)c2)cc1. The van der Waals surface area contributed by atoms with Crippen LogP contribution in [-0.2, 0) is 0 Å². The maximum atomic E-state index is 10.4. The van der Waals surface area contributed by atoms with Gasteiger partial charge >= 0.3 is 0 Å². The Morgan fingerprint density at radius 2 is 0.571 bits per heavy atom. The van der Waals surface area contributed by atoms with Gasteiger partial charge in [0.05, 0.1) is 58.2 Å². The van der Waals surface area contributed by atoms with Crippen molar-refractivity contribution in [3.8, 4) is 129 Å². The monoisotopic (exact) mass is 1250 g/mol. The highest BCUT2D eigenvalue weighted by Crippen LogP contribution is 2.45. The first-order valence-electron chi connectivity index (χ1n) is 32.4. The average Bonchev–Trinajstić information content (AvgIpc) is 1.56. The minimum atomic E-state index is 0.447. The molecular weight excluding hydrogens is 1190 g/mol. The summed E-state index contributed by atoms with van der Waals surface area (Å²) in [6, 6.07) is 116. The van der Waals surface area contributed by atoms with E-state index in [1.54, 1.807) is 0 Å². The minimum absolute atomic E-state index is 0.447. The molecule has 0 aliphatic carbocycles. The van der Waals surface area contributed by atoms with E-state index < -0.39 is 0 Å². The second-order valence-electron chi connectivity index (χ2n) is 24.4. The summed E-state index contributed by atoms with van der Waals surface area (Å²) in [4.78, 5) is 24.1. The van der Waals surface area contributed by atoms with Crippen LogP contribution < -0.4 is 0 Å². The van der Waals surface area contributed by atoms with Gasteiger partial charge in [-0.25, -0.2) is 24.6 Å². The van der Waals surface area contributed by atoms with E-state index in [-0.39, 0.29) is 0 Å². The van der Waals surface area contributed by atoms with E-state index in [4.69, 9.17) is 28.1 Å². The van der Waals surface area contributed by atoms with E-state index in [1.807, 2.05) is 97.1 Å². The van der Waals surface area contributed by atoms with Gasteiger partial charge in [-0.2, -0.15) is 5.26 Å². The zero-order chi connectivity index (χ0) is 65.6. The lowest BCUT2D eigenvalue weighted by molar-refractivity contribution is 1.07. The van der Waals surface area contributed by atoms with Gasteiger partial charge in [-0.3, -0.25) is 0 Å². The molecule has 0 radical (unpaired) electrons. The average molecular weight is 1250 g/mol. The fourth-order valence-electron chi connectivity index (χ4n) is 13.8. The molecule has 0 saturated carbocycles. The molecule has 0 fully saturated rings. The van der Waals surface area contributed by atoms with E-state index in [0.717, 1.165) is 150 Å². The van der Waals surface area contributed by atoms with Gasteiger partial charge in [0, 0.05) is 49.4 Å². The summed E-state index contributed by atoms with van der Waals surface area (Å²) in [7, 11) is 0. The zero-order valence-corrected chi connectivity index (χ0v) is 52.8. The lowest BCUT2D eigenvalue weighted by atomic mass is 9.98. The van der Waals surface area contributed by atoms with Crippen LogP contribution in [0, 0.1) is 24.5 Å². The lowest BCUT2D eigenvalue weighted by Gasteiger charge is -2.18. The normalized spacial score (nSPS) is 11.2. The van der Waals surface area contributed by atoms with Crippen LogP contribution in [0.15, 0.2) is 328 Å². The molecule has 0 unspecified atom stereocenters. The second kappa shape index (κ2) is 24.6. The van der Waals surface area contributed by atoms with E-state index in [2.05, 4.69) is 255 Å². The van der Waals surface area contributed by atoms with Gasteiger partial charge in [-0.1, -0.05) is 243 Å². The Labute approximate surface area is 566 Å². The number of nitrogens with zero attached hydrogens (tertiary/aromatic N) is 8. The zero-order valence-electron chi connectivity index (χ0n) is 52.8. The summed E-state index contributed by atoms with van der Waals surface area (Å²) >= 11 is 0. The first kappa shape index (κ1) is 58.0. The summed E-state index contributed by atoms with van der Waals surface area (Å²) in [6.07, 6.45) is 0. The van der Waals surface area contributed by atoms with Gasteiger partial charge in [-0.05, 0) is 152 Å². The van der Waals surface area contributed by atoms with Crippen LogP contribution >= 0.6 is 0 Å². The van der Waals surface area contributed by atoms with Gasteiger partial charge in [0.15, 0.2) is 28.8 Å². The van der Waals surface area contributed by atoms with Crippen LogP contribution in [0.2, 0.25) is 0 Å². The van der Waals surface area contributed by atoms with E-state index >= 15 is 0 Å². The summed E-state index contributed by atoms with van der Waals surface area (Å²) in [5.41, 5.74) is 24.1. The topological polar surface area (TPSA) is 81.0 Å². The number of rotatable bonds is 12. The van der Waals surface area contributed by atoms with Crippen LogP contribution in [0.3, 0.4) is 0 Å². The molecule has 0 spiro atoms. The molecular formula is C90H54N8. The van der Waals surface area contributed by atoms with Crippen LogP contribution in [0.25, 0.3) is 177 Å². The Bertz CT molecular complexity index is 5610. The third-order valence-corrected chi connectivity index (χ3v) is 18.6. The highest BCUT2D eigenvalue weighted by atomic mass is 15.0. The molecule has 0 N–H and O–H groups in total. The molecule has 8 heteroatoms. The van der Waals surface area contributed by atoms with Crippen molar-refractivity contribution < 1.29 is 0 Å². The van der Waals surface area contributed by atoms with Crippen molar-refractivity contribution in [1.29, 1.82) is 5.26 Å². The fraction of sp³-hybridized carbons (Fsp3) is 0. The highest BCUT2D eigenvalue weighted by Gasteiger charge is 2.24. The molecule has 17 rings (SSSR count).